The number of esters is 1. The molecule has 1 heterocycles. The Labute approximate surface area is 168 Å². The Morgan fingerprint density at radius 2 is 2.07 bits per heavy atom. The molecule has 1 aliphatic carbocycles. The third-order valence-electron chi connectivity index (χ3n) is 5.33. The fourth-order valence-corrected chi connectivity index (χ4v) is 4.19. The van der Waals surface area contributed by atoms with Crippen LogP contribution >= 0.6 is 0 Å². The summed E-state index contributed by atoms with van der Waals surface area (Å²) >= 11 is 0. The lowest BCUT2D eigenvalue weighted by Gasteiger charge is -2.42. The summed E-state index contributed by atoms with van der Waals surface area (Å²) in [6.07, 6.45) is 0.856. The van der Waals surface area contributed by atoms with Crippen molar-refractivity contribution in [2.75, 3.05) is 6.61 Å². The second-order valence-electron chi connectivity index (χ2n) is 8.18. The van der Waals surface area contributed by atoms with E-state index in [1.807, 2.05) is 13.8 Å². The maximum atomic E-state index is 13.1. The normalized spacial score (nSPS) is 23.3. The molecule has 8 nitrogen and oxygen atoms in total. The number of hydrogen-bond donors (Lipinski definition) is 1. The molecule has 0 bridgehead atoms. The summed E-state index contributed by atoms with van der Waals surface area (Å²) in [6.45, 7) is 9.72. The van der Waals surface area contributed by atoms with Crippen molar-refractivity contribution in [1.29, 1.82) is 0 Å². The lowest BCUT2D eigenvalue weighted by atomic mass is 9.66. The van der Waals surface area contributed by atoms with Crippen molar-refractivity contribution < 1.29 is 24.4 Å². The summed E-state index contributed by atoms with van der Waals surface area (Å²) in [4.78, 5) is 36.3. The number of allylic oxidation sites excluding steroid dienone is 2. The first-order valence-electron chi connectivity index (χ1n) is 9.39. The molecule has 0 radical (unpaired) electrons. The minimum absolute atomic E-state index is 0.135. The number of ketones is 1. The number of hydrogen-bond acceptors (Lipinski definition) is 7. The number of Topliss-reactive ketones (excluding diaryl/α,β-unsaturated/α-hetero) is 1. The number of nitro groups is 1. The molecule has 1 N–H and O–H groups in total. The number of ether oxygens (including phenoxy) is 1. The van der Waals surface area contributed by atoms with Crippen molar-refractivity contribution >= 4 is 17.4 Å². The van der Waals surface area contributed by atoms with Crippen LogP contribution in [0.15, 0.2) is 41.7 Å². The van der Waals surface area contributed by atoms with E-state index in [-0.39, 0.29) is 24.2 Å². The monoisotopic (exact) mass is 399 g/mol. The van der Waals surface area contributed by atoms with Crippen LogP contribution in [-0.4, -0.2) is 23.3 Å². The zero-order chi connectivity index (χ0) is 21.5. The topological polar surface area (TPSA) is 122 Å². The summed E-state index contributed by atoms with van der Waals surface area (Å²) in [5.74, 6) is -3.18. The molecule has 154 valence electrons. The maximum absolute atomic E-state index is 13.1. The summed E-state index contributed by atoms with van der Waals surface area (Å²) in [5.41, 5.74) is 0.914. The van der Waals surface area contributed by atoms with Crippen LogP contribution in [0.1, 0.15) is 45.1 Å². The van der Waals surface area contributed by atoms with Crippen LogP contribution in [0.4, 0.5) is 5.69 Å². The average molecular weight is 399 g/mol. The van der Waals surface area contributed by atoms with Crippen LogP contribution in [0.2, 0.25) is 0 Å². The maximum Gasteiger partial charge on any atom is 0.315 e. The fourth-order valence-electron chi connectivity index (χ4n) is 4.19. The van der Waals surface area contributed by atoms with Gasteiger partial charge in [-0.1, -0.05) is 32.6 Å². The molecular formula is C21H23N2O6-. The molecule has 0 aromatic heterocycles. The highest BCUT2D eigenvalue weighted by Gasteiger charge is 2.46. The molecule has 0 fully saturated rings. The van der Waals surface area contributed by atoms with Crippen molar-refractivity contribution in [1.82, 2.24) is 5.32 Å². The van der Waals surface area contributed by atoms with Crippen molar-refractivity contribution in [3.05, 3.63) is 57.4 Å². The van der Waals surface area contributed by atoms with Gasteiger partial charge < -0.3 is 15.2 Å². The Morgan fingerprint density at radius 3 is 2.69 bits per heavy atom. The van der Waals surface area contributed by atoms with Gasteiger partial charge in [-0.15, -0.1) is 0 Å². The Bertz CT molecular complexity index is 946. The second-order valence-corrected chi connectivity index (χ2v) is 8.18. The molecule has 2 atom stereocenters. The van der Waals surface area contributed by atoms with Crippen LogP contribution in [-0.2, 0) is 14.3 Å². The number of nitrogens with zero attached hydrogens (tertiary/aromatic N) is 1. The van der Waals surface area contributed by atoms with Crippen LogP contribution in [0, 0.1) is 21.4 Å². The Morgan fingerprint density at radius 1 is 1.38 bits per heavy atom. The predicted octanol–water partition coefficient (Wildman–Crippen LogP) is 2.69. The molecule has 1 aliphatic heterocycles. The number of carbonyl (C=O) groups is 2. The highest BCUT2D eigenvalue weighted by atomic mass is 16.6. The van der Waals surface area contributed by atoms with Gasteiger partial charge in [-0.05, 0) is 30.1 Å². The lowest BCUT2D eigenvalue weighted by Crippen LogP contribution is -2.43. The molecule has 0 saturated carbocycles. The molecule has 2 aliphatic rings. The first-order valence-corrected chi connectivity index (χ1v) is 9.39. The minimum atomic E-state index is -0.934. The third kappa shape index (κ3) is 3.74. The number of carbonyl (C=O) groups excluding carboxylic acids is 2. The summed E-state index contributed by atoms with van der Waals surface area (Å²) < 4.78 is 5.19. The Kier molecular flexibility index (Phi) is 5.21. The van der Waals surface area contributed by atoms with Crippen molar-refractivity contribution in [3.63, 3.8) is 0 Å². The largest absolute Gasteiger partial charge is 0.868 e. The minimum Gasteiger partial charge on any atom is -0.868 e. The van der Waals surface area contributed by atoms with E-state index < -0.39 is 34.2 Å². The average Bonchev–Trinajstić information content (AvgIpc) is 2.59. The van der Waals surface area contributed by atoms with Gasteiger partial charge in [-0.25, -0.2) is 0 Å². The molecule has 8 heteroatoms. The highest BCUT2D eigenvalue weighted by molar-refractivity contribution is 6.01. The van der Waals surface area contributed by atoms with E-state index in [4.69, 9.17) is 4.74 Å². The van der Waals surface area contributed by atoms with Gasteiger partial charge in [0.2, 0.25) is 0 Å². The SMILES string of the molecule is C=C1NC2=C(C(=O)CC(C)(C)C2)C(c2ccc([O-])c([N+](=O)[O-])c2)C1C(=O)OCC. The number of benzene rings is 1. The third-order valence-corrected chi connectivity index (χ3v) is 5.33. The van der Waals surface area contributed by atoms with Gasteiger partial charge in [0.15, 0.2) is 5.78 Å². The van der Waals surface area contributed by atoms with E-state index >= 15 is 0 Å². The van der Waals surface area contributed by atoms with Crippen LogP contribution in [0.3, 0.4) is 0 Å². The van der Waals surface area contributed by atoms with Gasteiger partial charge in [-0.3, -0.25) is 19.7 Å². The molecular weight excluding hydrogens is 376 g/mol. The first kappa shape index (κ1) is 20.6. The van der Waals surface area contributed by atoms with Crippen molar-refractivity contribution in [2.24, 2.45) is 11.3 Å². The van der Waals surface area contributed by atoms with Gasteiger partial charge in [0.25, 0.3) is 5.69 Å². The van der Waals surface area contributed by atoms with Gasteiger partial charge in [0.1, 0.15) is 5.92 Å². The van der Waals surface area contributed by atoms with Crippen molar-refractivity contribution in [2.45, 2.75) is 39.5 Å². The number of nitro benzene ring substituents is 1. The molecule has 0 spiro atoms. The number of rotatable bonds is 4. The smallest absolute Gasteiger partial charge is 0.315 e. The highest BCUT2D eigenvalue weighted by Crippen LogP contribution is 2.48. The van der Waals surface area contributed by atoms with E-state index in [9.17, 15) is 24.8 Å². The number of nitrogens with one attached hydrogen (secondary N) is 1. The van der Waals surface area contributed by atoms with E-state index in [1.165, 1.54) is 6.07 Å². The predicted molar refractivity (Wildman–Crippen MR) is 103 cm³/mol. The molecule has 2 unspecified atom stereocenters. The first-order chi connectivity index (χ1) is 13.6. The van der Waals surface area contributed by atoms with Crippen LogP contribution < -0.4 is 10.4 Å². The Balaban J connectivity index is 2.22. The fraction of sp³-hybridized carbons (Fsp3) is 0.429. The van der Waals surface area contributed by atoms with E-state index in [0.717, 1.165) is 12.1 Å². The summed E-state index contributed by atoms with van der Waals surface area (Å²) in [7, 11) is 0. The zero-order valence-corrected chi connectivity index (χ0v) is 16.6. The standard InChI is InChI=1S/C21H24N2O6/c1-5-29-20(26)17-11(2)22-13-9-21(3,4)10-16(25)19(13)18(17)12-6-7-15(24)14(8-12)23(27)28/h6-8,17-18,22,24H,2,5,9-10H2,1,3-4H3/p-1. The van der Waals surface area contributed by atoms with Gasteiger partial charge in [0.05, 0.1) is 11.5 Å². The van der Waals surface area contributed by atoms with Crippen molar-refractivity contribution in [3.8, 4) is 5.75 Å². The molecule has 0 amide bonds. The summed E-state index contributed by atoms with van der Waals surface area (Å²) in [6, 6.07) is 3.68. The molecule has 29 heavy (non-hydrogen) atoms. The quantitative estimate of drug-likeness (QED) is 0.469. The van der Waals surface area contributed by atoms with E-state index in [0.29, 0.717) is 29.0 Å². The van der Waals surface area contributed by atoms with E-state index in [1.54, 1.807) is 6.92 Å². The van der Waals surface area contributed by atoms with E-state index in [2.05, 4.69) is 11.9 Å². The molecule has 1 aromatic rings. The van der Waals surface area contributed by atoms with Gasteiger partial charge >= 0.3 is 5.97 Å². The lowest BCUT2D eigenvalue weighted by molar-refractivity contribution is -0.398. The second kappa shape index (κ2) is 7.35. The van der Waals surface area contributed by atoms with Crippen LogP contribution in [0.5, 0.6) is 5.75 Å². The molecule has 1 aromatic carbocycles. The van der Waals surface area contributed by atoms with Crippen LogP contribution in [0.25, 0.3) is 0 Å². The van der Waals surface area contributed by atoms with Gasteiger partial charge in [-0.2, -0.15) is 0 Å². The van der Waals surface area contributed by atoms with Gasteiger partial charge in [0, 0.05) is 35.4 Å². The molecule has 0 saturated heterocycles. The Hall–Kier alpha value is -3.16. The zero-order valence-electron chi connectivity index (χ0n) is 16.6. The summed E-state index contributed by atoms with van der Waals surface area (Å²) in [5, 5.41) is 26.3. The molecule has 3 rings (SSSR count).